The van der Waals surface area contributed by atoms with Crippen LogP contribution < -0.4 is 16.4 Å². The van der Waals surface area contributed by atoms with Gasteiger partial charge in [0.2, 0.25) is 5.91 Å². The van der Waals surface area contributed by atoms with Crippen molar-refractivity contribution in [2.75, 3.05) is 19.8 Å². The topological polar surface area (TPSA) is 166 Å². The van der Waals surface area contributed by atoms with Crippen molar-refractivity contribution in [2.24, 2.45) is 10.7 Å². The first-order valence-electron chi connectivity index (χ1n) is 13.2. The van der Waals surface area contributed by atoms with Crippen LogP contribution >= 0.6 is 0 Å². The number of hydrogen-bond donors (Lipinski definition) is 3. The third-order valence-corrected chi connectivity index (χ3v) is 4.53. The van der Waals surface area contributed by atoms with Crippen LogP contribution in [0.4, 0.5) is 0 Å². The SMILES string of the molecule is CCC.C\C=C/C(=C\C(=O)CC)/N=C(C)/C(C(=O)NCC(=O)NC(CCC(=O)OCC)C(=O)OCC)=C(/C)N. The normalized spacial score (nSPS) is 12.9. The number of ketones is 1. The maximum Gasteiger partial charge on any atom is 0.328 e. The molecule has 0 bridgehead atoms. The highest BCUT2D eigenvalue weighted by atomic mass is 16.5. The Labute approximate surface area is 232 Å². The van der Waals surface area contributed by atoms with Crippen LogP contribution in [0.5, 0.6) is 0 Å². The van der Waals surface area contributed by atoms with Crippen molar-refractivity contribution in [2.45, 2.75) is 87.1 Å². The molecule has 0 aromatic heterocycles. The number of rotatable bonds is 15. The fraction of sp³-hybridized carbons (Fsp3) is 0.571. The lowest BCUT2D eigenvalue weighted by Crippen LogP contribution is -2.47. The molecule has 0 rings (SSSR count). The first kappa shape index (κ1) is 37.4. The lowest BCUT2D eigenvalue weighted by atomic mass is 10.1. The lowest BCUT2D eigenvalue weighted by Gasteiger charge is -2.17. The quantitative estimate of drug-likeness (QED) is 0.121. The summed E-state index contributed by atoms with van der Waals surface area (Å²) in [5, 5.41) is 4.91. The van der Waals surface area contributed by atoms with Gasteiger partial charge in [-0.1, -0.05) is 33.3 Å². The van der Waals surface area contributed by atoms with Crippen LogP contribution in [0, 0.1) is 0 Å². The molecule has 0 radical (unpaired) electrons. The van der Waals surface area contributed by atoms with Crippen LogP contribution in [0.25, 0.3) is 0 Å². The summed E-state index contributed by atoms with van der Waals surface area (Å²) in [6.07, 6.45) is 6.13. The summed E-state index contributed by atoms with van der Waals surface area (Å²) < 4.78 is 9.79. The summed E-state index contributed by atoms with van der Waals surface area (Å²) >= 11 is 0. The van der Waals surface area contributed by atoms with E-state index in [9.17, 15) is 24.0 Å². The van der Waals surface area contributed by atoms with E-state index in [1.807, 2.05) is 0 Å². The first-order valence-corrected chi connectivity index (χ1v) is 13.2. The van der Waals surface area contributed by atoms with Crippen LogP contribution in [0.3, 0.4) is 0 Å². The van der Waals surface area contributed by atoms with E-state index in [1.54, 1.807) is 46.8 Å². The van der Waals surface area contributed by atoms with E-state index < -0.39 is 36.3 Å². The highest BCUT2D eigenvalue weighted by molar-refractivity contribution is 6.21. The number of aliphatic imine (C=N–C) groups is 1. The average molecular weight is 551 g/mol. The van der Waals surface area contributed by atoms with Crippen molar-refractivity contribution in [1.29, 1.82) is 0 Å². The second-order valence-electron chi connectivity index (χ2n) is 8.25. The Bertz CT molecular complexity index is 946. The average Bonchev–Trinajstić information content (AvgIpc) is 2.85. The summed E-state index contributed by atoms with van der Waals surface area (Å²) in [5.74, 6) is -2.67. The van der Waals surface area contributed by atoms with Crippen LogP contribution in [0.15, 0.2) is 40.2 Å². The van der Waals surface area contributed by atoms with E-state index in [0.29, 0.717) is 12.1 Å². The molecule has 11 nitrogen and oxygen atoms in total. The van der Waals surface area contributed by atoms with Gasteiger partial charge in [-0.25, -0.2) is 4.79 Å². The number of esters is 2. The van der Waals surface area contributed by atoms with Crippen molar-refractivity contribution >= 4 is 35.2 Å². The van der Waals surface area contributed by atoms with E-state index in [2.05, 4.69) is 29.5 Å². The molecule has 0 aromatic carbocycles. The molecule has 4 N–H and O–H groups in total. The zero-order valence-electron chi connectivity index (χ0n) is 24.6. The molecule has 220 valence electrons. The van der Waals surface area contributed by atoms with E-state index in [-0.39, 0.29) is 48.8 Å². The molecule has 0 aliphatic carbocycles. The van der Waals surface area contributed by atoms with Crippen molar-refractivity contribution in [1.82, 2.24) is 10.6 Å². The summed E-state index contributed by atoms with van der Waals surface area (Å²) in [7, 11) is 0. The Hall–Kier alpha value is -3.76. The fourth-order valence-corrected chi connectivity index (χ4v) is 2.92. The Balaban J connectivity index is 0. The Morgan fingerprint density at radius 1 is 0.974 bits per heavy atom. The monoisotopic (exact) mass is 550 g/mol. The third-order valence-electron chi connectivity index (χ3n) is 4.53. The molecule has 0 aromatic rings. The number of nitrogens with two attached hydrogens (primary N) is 1. The van der Waals surface area contributed by atoms with E-state index in [4.69, 9.17) is 15.2 Å². The predicted octanol–water partition coefficient (Wildman–Crippen LogP) is 3.04. The molecule has 0 aliphatic heterocycles. The minimum absolute atomic E-state index is 0.0211. The number of carbonyl (C=O) groups is 5. The molecule has 0 saturated heterocycles. The third kappa shape index (κ3) is 17.4. The maximum absolute atomic E-state index is 12.8. The van der Waals surface area contributed by atoms with Crippen LogP contribution in [-0.2, 0) is 33.4 Å². The Morgan fingerprint density at radius 3 is 2.05 bits per heavy atom. The smallest absolute Gasteiger partial charge is 0.328 e. The fourth-order valence-electron chi connectivity index (χ4n) is 2.92. The van der Waals surface area contributed by atoms with Gasteiger partial charge in [0, 0.05) is 24.6 Å². The number of hydrogen-bond acceptors (Lipinski definition) is 9. The number of nitrogens with zero attached hydrogens (tertiary/aromatic N) is 1. The molecule has 0 saturated carbocycles. The lowest BCUT2D eigenvalue weighted by molar-refractivity contribution is -0.148. The largest absolute Gasteiger partial charge is 0.466 e. The molecule has 0 fully saturated rings. The van der Waals surface area contributed by atoms with Gasteiger partial charge in [0.15, 0.2) is 5.78 Å². The number of amides is 2. The standard InChI is InChI=1S/C25H38N4O7.C3H8/c1-7-11-18(14-19(30)8-2)28-17(6)23(16(5)26)24(33)27-15-21(31)29-20(25(34)36-10-4)12-13-22(32)35-9-3;1-3-2/h7,11,14,20H,8-10,12-13,15,26H2,1-6H3,(H,27,33)(H,29,31);3H2,1-2H3/b11-7-,18-14+,23-16+,28-17+;. The minimum atomic E-state index is -1.09. The maximum atomic E-state index is 12.8. The van der Waals surface area contributed by atoms with Gasteiger partial charge in [-0.15, -0.1) is 0 Å². The van der Waals surface area contributed by atoms with Crippen LogP contribution in [-0.4, -0.2) is 61.0 Å². The van der Waals surface area contributed by atoms with Gasteiger partial charge in [0.1, 0.15) is 6.04 Å². The molecule has 2 amide bonds. The van der Waals surface area contributed by atoms with Crippen LogP contribution in [0.2, 0.25) is 0 Å². The zero-order valence-corrected chi connectivity index (χ0v) is 24.6. The van der Waals surface area contributed by atoms with Gasteiger partial charge in [-0.2, -0.15) is 0 Å². The zero-order chi connectivity index (χ0) is 30.4. The second-order valence-corrected chi connectivity index (χ2v) is 8.25. The highest BCUT2D eigenvalue weighted by Crippen LogP contribution is 2.09. The molecular weight excluding hydrogens is 504 g/mol. The van der Waals surface area contributed by atoms with Crippen molar-refractivity contribution < 1.29 is 33.4 Å². The van der Waals surface area contributed by atoms with Gasteiger partial charge in [-0.3, -0.25) is 24.2 Å². The summed E-state index contributed by atoms with van der Waals surface area (Å²) in [6.45, 7) is 13.9. The predicted molar refractivity (Wildman–Crippen MR) is 152 cm³/mol. The molecule has 0 heterocycles. The molecular formula is C28H46N4O7. The van der Waals surface area contributed by atoms with E-state index in [0.717, 1.165) is 0 Å². The summed E-state index contributed by atoms with van der Waals surface area (Å²) in [5.41, 5.74) is 6.71. The first-order chi connectivity index (χ1) is 18.4. The van der Waals surface area contributed by atoms with Gasteiger partial charge in [-0.05, 0) is 47.1 Å². The van der Waals surface area contributed by atoms with Crippen molar-refractivity contribution in [3.63, 3.8) is 0 Å². The number of ether oxygens (including phenoxy) is 2. The number of nitrogens with one attached hydrogen (secondary N) is 2. The van der Waals surface area contributed by atoms with Gasteiger partial charge in [0.05, 0.1) is 36.7 Å². The Kier molecular flexibility index (Phi) is 21.3. The number of carbonyl (C=O) groups excluding carboxylic acids is 5. The van der Waals surface area contributed by atoms with Gasteiger partial charge < -0.3 is 25.8 Å². The van der Waals surface area contributed by atoms with E-state index in [1.165, 1.54) is 19.4 Å². The molecule has 1 atom stereocenters. The molecule has 0 spiro atoms. The van der Waals surface area contributed by atoms with Crippen LogP contribution in [0.1, 0.15) is 81.1 Å². The number of allylic oxidation sites excluding steroid dienone is 4. The van der Waals surface area contributed by atoms with E-state index >= 15 is 0 Å². The summed E-state index contributed by atoms with van der Waals surface area (Å²) in [4.78, 5) is 65.2. The molecule has 1 unspecified atom stereocenters. The van der Waals surface area contributed by atoms with Crippen molar-refractivity contribution in [3.05, 3.63) is 35.2 Å². The Morgan fingerprint density at radius 2 is 1.56 bits per heavy atom. The second kappa shape index (κ2) is 22.2. The van der Waals surface area contributed by atoms with Gasteiger partial charge >= 0.3 is 11.9 Å². The molecule has 0 aliphatic rings. The van der Waals surface area contributed by atoms with Gasteiger partial charge in [0.25, 0.3) is 5.91 Å². The highest BCUT2D eigenvalue weighted by Gasteiger charge is 2.24. The molecule has 11 heteroatoms. The molecule has 39 heavy (non-hydrogen) atoms. The minimum Gasteiger partial charge on any atom is -0.466 e. The summed E-state index contributed by atoms with van der Waals surface area (Å²) in [6, 6.07) is -1.09. The van der Waals surface area contributed by atoms with Crippen molar-refractivity contribution in [3.8, 4) is 0 Å².